The van der Waals surface area contributed by atoms with E-state index in [4.69, 9.17) is 5.73 Å². The highest BCUT2D eigenvalue weighted by Gasteiger charge is 2.09. The van der Waals surface area contributed by atoms with E-state index in [1.165, 1.54) is 14.7 Å². The Morgan fingerprint density at radius 3 is 2.71 bits per heavy atom. The summed E-state index contributed by atoms with van der Waals surface area (Å²) < 4.78 is 1.24. The van der Waals surface area contributed by atoms with Gasteiger partial charge in [0.15, 0.2) is 0 Å². The van der Waals surface area contributed by atoms with E-state index < -0.39 is 0 Å². The molecule has 1 nitrogen and oxygen atoms in total. The standard InChI is InChI=1S/C12H16IN/c1-3-9(2)8-12(14)10-6-4-5-7-11(10)13/h4-7,12H,2-3,8,14H2,1H3. The van der Waals surface area contributed by atoms with Gasteiger partial charge in [0.2, 0.25) is 0 Å². The van der Waals surface area contributed by atoms with Gasteiger partial charge >= 0.3 is 0 Å². The minimum Gasteiger partial charge on any atom is -0.324 e. The van der Waals surface area contributed by atoms with Crippen molar-refractivity contribution >= 4 is 22.6 Å². The molecule has 0 bridgehead atoms. The Balaban J connectivity index is 2.74. The van der Waals surface area contributed by atoms with Gasteiger partial charge in [-0.25, -0.2) is 0 Å². The van der Waals surface area contributed by atoms with Crippen molar-refractivity contribution in [3.8, 4) is 0 Å². The lowest BCUT2D eigenvalue weighted by Crippen LogP contribution is -2.12. The summed E-state index contributed by atoms with van der Waals surface area (Å²) in [7, 11) is 0. The van der Waals surface area contributed by atoms with Crippen LogP contribution in [0.3, 0.4) is 0 Å². The van der Waals surface area contributed by atoms with Crippen molar-refractivity contribution in [1.29, 1.82) is 0 Å². The van der Waals surface area contributed by atoms with Gasteiger partial charge in [-0.15, -0.1) is 0 Å². The van der Waals surface area contributed by atoms with Crippen molar-refractivity contribution in [2.24, 2.45) is 5.73 Å². The molecule has 0 heterocycles. The van der Waals surface area contributed by atoms with Crippen LogP contribution >= 0.6 is 22.6 Å². The van der Waals surface area contributed by atoms with Crippen LogP contribution in [0.15, 0.2) is 36.4 Å². The van der Waals surface area contributed by atoms with Crippen LogP contribution in [0.1, 0.15) is 31.4 Å². The molecule has 0 aliphatic heterocycles. The number of benzene rings is 1. The molecule has 0 saturated heterocycles. The van der Waals surface area contributed by atoms with E-state index in [0.717, 1.165) is 12.8 Å². The fourth-order valence-electron chi connectivity index (χ4n) is 1.34. The molecule has 1 rings (SSSR count). The lowest BCUT2D eigenvalue weighted by Gasteiger charge is -2.14. The minimum atomic E-state index is 0.0931. The highest BCUT2D eigenvalue weighted by atomic mass is 127. The Bertz CT molecular complexity index is 320. The molecule has 1 aromatic rings. The molecule has 1 aromatic carbocycles. The van der Waals surface area contributed by atoms with Gasteiger partial charge < -0.3 is 5.73 Å². The maximum absolute atomic E-state index is 6.11. The van der Waals surface area contributed by atoms with Crippen molar-refractivity contribution in [1.82, 2.24) is 0 Å². The fraction of sp³-hybridized carbons (Fsp3) is 0.333. The SMILES string of the molecule is C=C(CC)CC(N)c1ccccc1I. The van der Waals surface area contributed by atoms with Crippen LogP contribution in [0.4, 0.5) is 0 Å². The summed E-state index contributed by atoms with van der Waals surface area (Å²) >= 11 is 2.32. The summed E-state index contributed by atoms with van der Waals surface area (Å²) in [6, 6.07) is 8.34. The van der Waals surface area contributed by atoms with Crippen LogP contribution in [0.2, 0.25) is 0 Å². The predicted octanol–water partition coefficient (Wildman–Crippen LogP) is 3.65. The second kappa shape index (κ2) is 5.51. The smallest absolute Gasteiger partial charge is 0.0342 e. The average molecular weight is 301 g/mol. The van der Waals surface area contributed by atoms with Crippen LogP contribution in [0.25, 0.3) is 0 Å². The zero-order valence-corrected chi connectivity index (χ0v) is 10.6. The maximum Gasteiger partial charge on any atom is 0.0342 e. The third-order valence-corrected chi connectivity index (χ3v) is 3.30. The van der Waals surface area contributed by atoms with Gasteiger partial charge in [0.25, 0.3) is 0 Å². The van der Waals surface area contributed by atoms with Gasteiger partial charge in [0, 0.05) is 9.61 Å². The highest BCUT2D eigenvalue weighted by Crippen LogP contribution is 2.23. The normalized spacial score (nSPS) is 12.5. The maximum atomic E-state index is 6.11. The summed E-state index contributed by atoms with van der Waals surface area (Å²) in [6.45, 7) is 6.10. The molecule has 0 aliphatic carbocycles. The molecule has 1 atom stereocenters. The number of hydrogen-bond acceptors (Lipinski definition) is 1. The Morgan fingerprint density at radius 2 is 2.14 bits per heavy atom. The zero-order valence-electron chi connectivity index (χ0n) is 8.46. The Morgan fingerprint density at radius 1 is 1.50 bits per heavy atom. The first-order valence-electron chi connectivity index (χ1n) is 4.81. The fourth-order valence-corrected chi connectivity index (χ4v) is 2.13. The largest absolute Gasteiger partial charge is 0.324 e. The monoisotopic (exact) mass is 301 g/mol. The topological polar surface area (TPSA) is 26.0 Å². The molecule has 2 heteroatoms. The molecule has 2 N–H and O–H groups in total. The first kappa shape index (κ1) is 11.7. The number of rotatable bonds is 4. The Labute approximate surface area is 99.5 Å². The lowest BCUT2D eigenvalue weighted by atomic mass is 9.99. The van der Waals surface area contributed by atoms with Crippen molar-refractivity contribution in [2.45, 2.75) is 25.8 Å². The van der Waals surface area contributed by atoms with Crippen molar-refractivity contribution in [2.75, 3.05) is 0 Å². The molecule has 0 amide bonds. The Hall–Kier alpha value is -0.350. The molecule has 0 fully saturated rings. The van der Waals surface area contributed by atoms with Gasteiger partial charge in [0.05, 0.1) is 0 Å². The molecule has 1 unspecified atom stereocenters. The summed E-state index contributed by atoms with van der Waals surface area (Å²) in [5.41, 5.74) is 8.55. The van der Waals surface area contributed by atoms with E-state index in [1.807, 2.05) is 12.1 Å². The first-order valence-corrected chi connectivity index (χ1v) is 5.89. The lowest BCUT2D eigenvalue weighted by molar-refractivity contribution is 0.698. The molecular formula is C12H16IN. The third kappa shape index (κ3) is 3.10. The highest BCUT2D eigenvalue weighted by molar-refractivity contribution is 14.1. The van der Waals surface area contributed by atoms with Crippen molar-refractivity contribution in [3.05, 3.63) is 45.6 Å². The molecule has 0 aromatic heterocycles. The van der Waals surface area contributed by atoms with E-state index in [2.05, 4.69) is 48.2 Å². The minimum absolute atomic E-state index is 0.0931. The van der Waals surface area contributed by atoms with Gasteiger partial charge in [-0.1, -0.05) is 37.3 Å². The van der Waals surface area contributed by atoms with E-state index in [9.17, 15) is 0 Å². The van der Waals surface area contributed by atoms with Crippen LogP contribution in [-0.2, 0) is 0 Å². The molecule has 0 saturated carbocycles. The van der Waals surface area contributed by atoms with E-state index in [0.29, 0.717) is 0 Å². The molecule has 0 aliphatic rings. The number of halogens is 1. The van der Waals surface area contributed by atoms with E-state index in [1.54, 1.807) is 0 Å². The second-order valence-corrected chi connectivity index (χ2v) is 4.60. The molecule has 76 valence electrons. The molecular weight excluding hydrogens is 285 g/mol. The summed E-state index contributed by atoms with van der Waals surface area (Å²) in [5, 5.41) is 0. The predicted molar refractivity (Wildman–Crippen MR) is 70.1 cm³/mol. The summed E-state index contributed by atoms with van der Waals surface area (Å²) in [5.74, 6) is 0. The van der Waals surface area contributed by atoms with Crippen molar-refractivity contribution < 1.29 is 0 Å². The van der Waals surface area contributed by atoms with E-state index in [-0.39, 0.29) is 6.04 Å². The average Bonchev–Trinajstić information content (AvgIpc) is 2.18. The third-order valence-electron chi connectivity index (χ3n) is 2.31. The van der Waals surface area contributed by atoms with Gasteiger partial charge in [-0.3, -0.25) is 0 Å². The van der Waals surface area contributed by atoms with E-state index >= 15 is 0 Å². The number of nitrogens with two attached hydrogens (primary N) is 1. The number of hydrogen-bond donors (Lipinski definition) is 1. The molecule has 0 spiro atoms. The zero-order chi connectivity index (χ0) is 10.6. The second-order valence-electron chi connectivity index (χ2n) is 3.44. The molecule has 14 heavy (non-hydrogen) atoms. The van der Waals surface area contributed by atoms with Crippen LogP contribution in [-0.4, -0.2) is 0 Å². The van der Waals surface area contributed by atoms with Crippen LogP contribution < -0.4 is 5.73 Å². The van der Waals surface area contributed by atoms with Gasteiger partial charge in [0.1, 0.15) is 0 Å². The molecule has 0 radical (unpaired) electrons. The van der Waals surface area contributed by atoms with Crippen LogP contribution in [0.5, 0.6) is 0 Å². The van der Waals surface area contributed by atoms with Gasteiger partial charge in [-0.05, 0) is 47.1 Å². The summed E-state index contributed by atoms with van der Waals surface area (Å²) in [4.78, 5) is 0. The first-order chi connectivity index (χ1) is 6.65. The van der Waals surface area contributed by atoms with Crippen molar-refractivity contribution in [3.63, 3.8) is 0 Å². The van der Waals surface area contributed by atoms with Crippen LogP contribution in [0, 0.1) is 3.57 Å². The summed E-state index contributed by atoms with van der Waals surface area (Å²) in [6.07, 6.45) is 1.90. The Kier molecular flexibility index (Phi) is 4.62. The quantitative estimate of drug-likeness (QED) is 0.667. The van der Waals surface area contributed by atoms with Gasteiger partial charge in [-0.2, -0.15) is 0 Å².